The number of carboxylic acids is 1. The summed E-state index contributed by atoms with van der Waals surface area (Å²) in [5.41, 5.74) is 0. The summed E-state index contributed by atoms with van der Waals surface area (Å²) in [4.78, 5) is 10.3. The number of hydrogen-bond donors (Lipinski definition) is 2. The summed E-state index contributed by atoms with van der Waals surface area (Å²) in [6, 6.07) is 0. The van der Waals surface area contributed by atoms with Crippen LogP contribution in [0.15, 0.2) is 0 Å². The zero-order valence-electron chi connectivity index (χ0n) is 15.1. The van der Waals surface area contributed by atoms with Crippen LogP contribution in [0.4, 0.5) is 0 Å². The fourth-order valence-electron chi connectivity index (χ4n) is 2.29. The molecule has 134 valence electrons. The Morgan fingerprint density at radius 2 is 0.955 bits per heavy atom. The van der Waals surface area contributed by atoms with Crippen LogP contribution in [0, 0.1) is 0 Å². The molecule has 0 aromatic carbocycles. The number of aliphatic hydroxyl groups is 1. The molecular weight excluding hydrogens is 276 g/mol. The standard InChI is InChI=1S/C16H32O2.C3H8O/c1-2-3-4-5-6-7-8-9-10-11-12-13-14-15-16(17)18;1-2-3-4/h2-15H2,1H3,(H,17,18);4H,2-3H2,1H3. The molecule has 0 heterocycles. The lowest BCUT2D eigenvalue weighted by molar-refractivity contribution is -0.137. The zero-order valence-corrected chi connectivity index (χ0v) is 15.1. The van der Waals surface area contributed by atoms with Crippen LogP contribution in [-0.4, -0.2) is 22.8 Å². The van der Waals surface area contributed by atoms with Crippen molar-refractivity contribution in [3.63, 3.8) is 0 Å². The topological polar surface area (TPSA) is 57.5 Å². The molecular formula is C19H40O3. The maximum atomic E-state index is 10.3. The first-order valence-corrected chi connectivity index (χ1v) is 9.51. The minimum atomic E-state index is -0.655. The van der Waals surface area contributed by atoms with Crippen LogP contribution >= 0.6 is 0 Å². The Balaban J connectivity index is 0. The van der Waals surface area contributed by atoms with Crippen LogP contribution in [0.2, 0.25) is 0 Å². The van der Waals surface area contributed by atoms with Crippen molar-refractivity contribution >= 4 is 5.97 Å². The number of rotatable bonds is 15. The van der Waals surface area contributed by atoms with Crippen molar-refractivity contribution in [2.75, 3.05) is 6.61 Å². The second-order valence-electron chi connectivity index (χ2n) is 6.11. The third-order valence-corrected chi connectivity index (χ3v) is 3.72. The maximum absolute atomic E-state index is 10.3. The van der Waals surface area contributed by atoms with Gasteiger partial charge in [-0.2, -0.15) is 0 Å². The first kappa shape index (κ1) is 23.7. The summed E-state index contributed by atoms with van der Waals surface area (Å²) < 4.78 is 0. The molecule has 0 unspecified atom stereocenters. The summed E-state index contributed by atoms with van der Waals surface area (Å²) in [7, 11) is 0. The van der Waals surface area contributed by atoms with Crippen molar-refractivity contribution in [3.8, 4) is 0 Å². The molecule has 0 atom stereocenters. The van der Waals surface area contributed by atoms with E-state index >= 15 is 0 Å². The number of unbranched alkanes of at least 4 members (excludes halogenated alkanes) is 12. The van der Waals surface area contributed by atoms with E-state index < -0.39 is 5.97 Å². The Hall–Kier alpha value is -0.570. The molecule has 0 saturated carbocycles. The van der Waals surface area contributed by atoms with Crippen LogP contribution in [0.5, 0.6) is 0 Å². The third kappa shape index (κ3) is 27.7. The van der Waals surface area contributed by atoms with Crippen molar-refractivity contribution in [3.05, 3.63) is 0 Å². The van der Waals surface area contributed by atoms with Crippen LogP contribution in [0.25, 0.3) is 0 Å². The molecule has 0 radical (unpaired) electrons. The molecule has 2 N–H and O–H groups in total. The molecule has 0 aliphatic heterocycles. The first-order chi connectivity index (χ1) is 10.7. The van der Waals surface area contributed by atoms with Crippen LogP contribution in [0.3, 0.4) is 0 Å². The molecule has 0 aliphatic rings. The van der Waals surface area contributed by atoms with Gasteiger partial charge in [-0.05, 0) is 12.8 Å². The first-order valence-electron chi connectivity index (χ1n) is 9.51. The van der Waals surface area contributed by atoms with Gasteiger partial charge in [0.2, 0.25) is 0 Å². The maximum Gasteiger partial charge on any atom is 0.303 e. The summed E-state index contributed by atoms with van der Waals surface area (Å²) in [6.45, 7) is 4.51. The monoisotopic (exact) mass is 316 g/mol. The fourth-order valence-corrected chi connectivity index (χ4v) is 2.29. The normalized spacial score (nSPS) is 10.1. The summed E-state index contributed by atoms with van der Waals surface area (Å²) in [5.74, 6) is -0.655. The average molecular weight is 317 g/mol. The molecule has 0 fully saturated rings. The highest BCUT2D eigenvalue weighted by Gasteiger charge is 1.96. The fraction of sp³-hybridized carbons (Fsp3) is 0.947. The van der Waals surface area contributed by atoms with E-state index in [4.69, 9.17) is 10.2 Å². The Labute approximate surface area is 138 Å². The Kier molecular flexibility index (Phi) is 24.5. The predicted molar refractivity (Wildman–Crippen MR) is 95.3 cm³/mol. The summed E-state index contributed by atoms with van der Waals surface area (Å²) >= 11 is 0. The summed E-state index contributed by atoms with van der Waals surface area (Å²) in [5, 5.41) is 16.4. The minimum absolute atomic E-state index is 0.319. The smallest absolute Gasteiger partial charge is 0.303 e. The quantitative estimate of drug-likeness (QED) is 0.367. The molecule has 0 aromatic heterocycles. The van der Waals surface area contributed by atoms with Crippen molar-refractivity contribution in [1.29, 1.82) is 0 Å². The molecule has 22 heavy (non-hydrogen) atoms. The second-order valence-corrected chi connectivity index (χ2v) is 6.11. The van der Waals surface area contributed by atoms with E-state index in [1.54, 1.807) is 0 Å². The van der Waals surface area contributed by atoms with Gasteiger partial charge >= 0.3 is 5.97 Å². The zero-order chi connectivity index (χ0) is 16.9. The number of aliphatic hydroxyl groups excluding tert-OH is 1. The molecule has 0 spiro atoms. The minimum Gasteiger partial charge on any atom is -0.481 e. The lowest BCUT2D eigenvalue weighted by Gasteiger charge is -2.02. The van der Waals surface area contributed by atoms with Gasteiger partial charge in [-0.1, -0.05) is 90.9 Å². The Morgan fingerprint density at radius 3 is 1.23 bits per heavy atom. The molecule has 3 heteroatoms. The highest BCUT2D eigenvalue weighted by molar-refractivity contribution is 5.66. The highest BCUT2D eigenvalue weighted by Crippen LogP contribution is 2.12. The SMILES string of the molecule is CCCCCCCCCCCCCCCC(=O)O.CCCO. The van der Waals surface area contributed by atoms with Gasteiger partial charge in [-0.25, -0.2) is 0 Å². The van der Waals surface area contributed by atoms with Gasteiger partial charge in [-0.15, -0.1) is 0 Å². The van der Waals surface area contributed by atoms with E-state index in [0.717, 1.165) is 19.3 Å². The second kappa shape index (κ2) is 22.7. The number of carbonyl (C=O) groups is 1. The average Bonchev–Trinajstić information content (AvgIpc) is 2.52. The van der Waals surface area contributed by atoms with Gasteiger partial charge in [0.25, 0.3) is 0 Å². The van der Waals surface area contributed by atoms with Gasteiger partial charge in [0, 0.05) is 13.0 Å². The van der Waals surface area contributed by atoms with E-state index in [1.165, 1.54) is 70.6 Å². The van der Waals surface area contributed by atoms with Crippen molar-refractivity contribution in [1.82, 2.24) is 0 Å². The van der Waals surface area contributed by atoms with E-state index in [2.05, 4.69) is 6.92 Å². The van der Waals surface area contributed by atoms with Gasteiger partial charge in [0.15, 0.2) is 0 Å². The molecule has 0 aliphatic carbocycles. The highest BCUT2D eigenvalue weighted by atomic mass is 16.4. The van der Waals surface area contributed by atoms with Crippen LogP contribution in [-0.2, 0) is 4.79 Å². The lowest BCUT2D eigenvalue weighted by Crippen LogP contribution is -1.93. The molecule has 0 rings (SSSR count). The Bertz CT molecular complexity index is 203. The molecule has 0 amide bonds. The van der Waals surface area contributed by atoms with Gasteiger partial charge in [0.05, 0.1) is 0 Å². The Morgan fingerprint density at radius 1 is 0.636 bits per heavy atom. The van der Waals surface area contributed by atoms with E-state index in [1.807, 2.05) is 6.92 Å². The van der Waals surface area contributed by atoms with E-state index in [0.29, 0.717) is 13.0 Å². The number of aliphatic carboxylic acids is 1. The lowest BCUT2D eigenvalue weighted by atomic mass is 10.0. The van der Waals surface area contributed by atoms with Gasteiger partial charge < -0.3 is 10.2 Å². The van der Waals surface area contributed by atoms with E-state index in [-0.39, 0.29) is 0 Å². The number of hydrogen-bond acceptors (Lipinski definition) is 2. The molecule has 0 bridgehead atoms. The van der Waals surface area contributed by atoms with Gasteiger partial charge in [0.1, 0.15) is 0 Å². The molecule has 3 nitrogen and oxygen atoms in total. The van der Waals surface area contributed by atoms with E-state index in [9.17, 15) is 4.79 Å². The van der Waals surface area contributed by atoms with Gasteiger partial charge in [-0.3, -0.25) is 4.79 Å². The predicted octanol–water partition coefficient (Wildman–Crippen LogP) is 5.94. The third-order valence-electron chi connectivity index (χ3n) is 3.72. The molecule has 0 aromatic rings. The van der Waals surface area contributed by atoms with Crippen molar-refractivity contribution in [2.45, 2.75) is 110 Å². The number of carboxylic acid groups (broad SMARTS) is 1. The van der Waals surface area contributed by atoms with Crippen LogP contribution < -0.4 is 0 Å². The molecule has 0 saturated heterocycles. The van der Waals surface area contributed by atoms with Crippen molar-refractivity contribution in [2.24, 2.45) is 0 Å². The largest absolute Gasteiger partial charge is 0.481 e. The summed E-state index contributed by atoms with van der Waals surface area (Å²) in [6.07, 6.45) is 18.1. The van der Waals surface area contributed by atoms with Crippen LogP contribution in [0.1, 0.15) is 110 Å². The van der Waals surface area contributed by atoms with Crippen molar-refractivity contribution < 1.29 is 15.0 Å².